The van der Waals surface area contributed by atoms with E-state index in [-0.39, 0.29) is 24.8 Å². The second kappa shape index (κ2) is 14.1. The smallest absolute Gasteiger partial charge is 0.224 e. The third-order valence-electron chi connectivity index (χ3n) is 7.46. The van der Waals surface area contributed by atoms with E-state index in [0.29, 0.717) is 62.7 Å². The van der Waals surface area contributed by atoms with Crippen LogP contribution >= 0.6 is 0 Å². The molecule has 0 aliphatic carbocycles. The third kappa shape index (κ3) is 7.82. The van der Waals surface area contributed by atoms with E-state index in [4.69, 9.17) is 4.74 Å². The predicted octanol–water partition coefficient (Wildman–Crippen LogP) is 5.09. The van der Waals surface area contributed by atoms with Crippen molar-refractivity contribution >= 4 is 23.2 Å². The molecule has 0 atom stereocenters. The van der Waals surface area contributed by atoms with Crippen molar-refractivity contribution in [2.24, 2.45) is 0 Å². The minimum Gasteiger partial charge on any atom is -0.495 e. The molecule has 0 spiro atoms. The number of para-hydroxylation sites is 2. The van der Waals surface area contributed by atoms with E-state index in [1.54, 1.807) is 12.0 Å². The first-order chi connectivity index (χ1) is 19.8. The molecule has 7 nitrogen and oxygen atoms in total. The van der Waals surface area contributed by atoms with E-state index in [0.717, 1.165) is 23.4 Å². The molecule has 41 heavy (non-hydrogen) atoms. The van der Waals surface area contributed by atoms with Gasteiger partial charge in [-0.25, -0.2) is 8.78 Å². The number of hydrogen-bond acceptors (Lipinski definition) is 5. The summed E-state index contributed by atoms with van der Waals surface area (Å²) < 4.78 is 34.3. The third-order valence-corrected chi connectivity index (χ3v) is 7.46. The zero-order chi connectivity index (χ0) is 29.4. The molecule has 218 valence electrons. The molecule has 3 aromatic rings. The second-order valence-corrected chi connectivity index (χ2v) is 10.3. The maximum atomic E-state index is 14.5. The summed E-state index contributed by atoms with van der Waals surface area (Å²) in [6.07, 6.45) is 0.852. The highest BCUT2D eigenvalue weighted by Gasteiger charge is 2.24. The Bertz CT molecular complexity index is 1340. The Morgan fingerprint density at radius 1 is 0.927 bits per heavy atom. The zero-order valence-corrected chi connectivity index (χ0v) is 24.0. The molecule has 1 aliphatic rings. The van der Waals surface area contributed by atoms with Crippen LogP contribution in [0, 0.1) is 11.6 Å². The average molecular weight is 565 g/mol. The largest absolute Gasteiger partial charge is 0.495 e. The highest BCUT2D eigenvalue weighted by Crippen LogP contribution is 2.28. The number of benzene rings is 3. The van der Waals surface area contributed by atoms with Crippen LogP contribution in [-0.4, -0.2) is 68.5 Å². The van der Waals surface area contributed by atoms with Crippen molar-refractivity contribution in [3.63, 3.8) is 0 Å². The molecule has 1 heterocycles. The Morgan fingerprint density at radius 2 is 1.63 bits per heavy atom. The molecule has 0 radical (unpaired) electrons. The molecular formula is C32H38F2N4O3. The van der Waals surface area contributed by atoms with Gasteiger partial charge in [-0.15, -0.1) is 0 Å². The van der Waals surface area contributed by atoms with E-state index < -0.39 is 11.6 Å². The first kappa shape index (κ1) is 30.0. The highest BCUT2D eigenvalue weighted by molar-refractivity contribution is 5.92. The van der Waals surface area contributed by atoms with Crippen molar-refractivity contribution in [1.82, 2.24) is 9.80 Å². The fourth-order valence-electron chi connectivity index (χ4n) is 5.21. The molecule has 0 bridgehead atoms. The summed E-state index contributed by atoms with van der Waals surface area (Å²) in [4.78, 5) is 33.7. The number of hydrogen-bond donors (Lipinski definition) is 0. The van der Waals surface area contributed by atoms with Gasteiger partial charge in [-0.05, 0) is 35.7 Å². The van der Waals surface area contributed by atoms with Crippen LogP contribution in [0.4, 0.5) is 20.2 Å². The van der Waals surface area contributed by atoms with Gasteiger partial charge in [0.25, 0.3) is 0 Å². The number of rotatable bonds is 7. The number of carbonyl (C=O) groups is 2. The van der Waals surface area contributed by atoms with Crippen molar-refractivity contribution in [2.75, 3.05) is 56.7 Å². The molecule has 0 unspecified atom stereocenters. The van der Waals surface area contributed by atoms with Crippen LogP contribution in [0.25, 0.3) is 0 Å². The quantitative estimate of drug-likeness (QED) is 0.400. The number of anilines is 2. The zero-order valence-electron chi connectivity index (χ0n) is 24.0. The Hall–Kier alpha value is -3.98. The van der Waals surface area contributed by atoms with Crippen LogP contribution in [0.15, 0.2) is 66.7 Å². The average Bonchev–Trinajstić information content (AvgIpc) is 3.00. The number of ether oxygens (including phenoxy) is 1. The van der Waals surface area contributed by atoms with Gasteiger partial charge in [0.05, 0.1) is 18.5 Å². The van der Waals surface area contributed by atoms with Crippen molar-refractivity contribution < 1.29 is 23.1 Å². The number of nitrogens with zero attached hydrogens (tertiary/aromatic N) is 4. The summed E-state index contributed by atoms with van der Waals surface area (Å²) in [5, 5.41) is 0. The highest BCUT2D eigenvalue weighted by atomic mass is 19.2. The van der Waals surface area contributed by atoms with E-state index in [1.165, 1.54) is 11.8 Å². The van der Waals surface area contributed by atoms with Gasteiger partial charge in [0, 0.05) is 72.3 Å². The maximum Gasteiger partial charge on any atom is 0.224 e. The Kier molecular flexibility index (Phi) is 10.3. The molecule has 1 aliphatic heterocycles. The minimum atomic E-state index is -1.02. The normalized spacial score (nSPS) is 14.7. The Morgan fingerprint density at radius 3 is 2.37 bits per heavy atom. The molecule has 2 amide bonds. The molecular weight excluding hydrogens is 526 g/mol. The topological polar surface area (TPSA) is 56.3 Å². The molecule has 0 aromatic heterocycles. The van der Waals surface area contributed by atoms with Gasteiger partial charge >= 0.3 is 0 Å². The molecule has 4 rings (SSSR count). The van der Waals surface area contributed by atoms with E-state index >= 15 is 0 Å². The maximum absolute atomic E-state index is 14.5. The summed E-state index contributed by atoms with van der Waals surface area (Å²) in [7, 11) is 3.51. The second-order valence-electron chi connectivity index (χ2n) is 10.3. The number of amides is 2. The van der Waals surface area contributed by atoms with E-state index in [1.807, 2.05) is 54.4 Å². The summed E-state index contributed by atoms with van der Waals surface area (Å²) in [5.41, 5.74) is 2.72. The SMILES string of the molecule is COc1ccccc1N(C)CCC(=O)N1CCN(Cc2ccccc2)CCCN(C(C)=O)c2cc(F)c(F)cc2C1. The summed E-state index contributed by atoms with van der Waals surface area (Å²) in [5.74, 6) is -1.69. The summed E-state index contributed by atoms with van der Waals surface area (Å²) in [6, 6.07) is 19.9. The lowest BCUT2D eigenvalue weighted by Crippen LogP contribution is -2.39. The van der Waals surface area contributed by atoms with Crippen molar-refractivity contribution in [1.29, 1.82) is 0 Å². The summed E-state index contributed by atoms with van der Waals surface area (Å²) in [6.45, 7) is 4.65. The molecule has 0 N–H and O–H groups in total. The van der Waals surface area contributed by atoms with Gasteiger partial charge in [-0.2, -0.15) is 0 Å². The standard InChI is InChI=1S/C32H38F2N4O3/c1-24(39)38-16-9-15-36(22-25-10-5-4-6-11-25)18-19-37(23-26-20-27(33)28(34)21-30(26)38)32(40)14-17-35(2)29-12-7-8-13-31(29)41-3/h4-8,10-13,20-21H,9,14-19,22-23H2,1-3H3. The number of carbonyl (C=O) groups excluding carboxylic acids is 2. The van der Waals surface area contributed by atoms with E-state index in [9.17, 15) is 18.4 Å². The predicted molar refractivity (Wildman–Crippen MR) is 157 cm³/mol. The van der Waals surface area contributed by atoms with Gasteiger partial charge in [-0.1, -0.05) is 42.5 Å². The Balaban J connectivity index is 1.60. The molecule has 3 aromatic carbocycles. The lowest BCUT2D eigenvalue weighted by molar-refractivity contribution is -0.131. The Labute approximate surface area is 240 Å². The van der Waals surface area contributed by atoms with Crippen LogP contribution in [0.5, 0.6) is 5.75 Å². The van der Waals surface area contributed by atoms with E-state index in [2.05, 4.69) is 17.0 Å². The van der Waals surface area contributed by atoms with Crippen LogP contribution < -0.4 is 14.5 Å². The molecule has 0 saturated heterocycles. The minimum absolute atomic E-state index is 0.0622. The number of fused-ring (bicyclic) bond motifs is 1. The lowest BCUT2D eigenvalue weighted by Gasteiger charge is -2.29. The van der Waals surface area contributed by atoms with Gasteiger partial charge in [0.15, 0.2) is 11.6 Å². The van der Waals surface area contributed by atoms with Gasteiger partial charge < -0.3 is 19.4 Å². The van der Waals surface area contributed by atoms with Crippen LogP contribution in [-0.2, 0) is 22.7 Å². The van der Waals surface area contributed by atoms with Gasteiger partial charge in [0.1, 0.15) is 5.75 Å². The van der Waals surface area contributed by atoms with Crippen LogP contribution in [0.3, 0.4) is 0 Å². The molecule has 0 saturated carbocycles. The first-order valence-electron chi connectivity index (χ1n) is 13.9. The lowest BCUT2D eigenvalue weighted by atomic mass is 10.1. The van der Waals surface area contributed by atoms with Crippen molar-refractivity contribution in [3.8, 4) is 5.75 Å². The van der Waals surface area contributed by atoms with Crippen LogP contribution in [0.1, 0.15) is 30.9 Å². The number of methoxy groups -OCH3 is 1. The van der Waals surface area contributed by atoms with Gasteiger partial charge in [-0.3, -0.25) is 14.5 Å². The number of halogens is 2. The molecule has 0 fully saturated rings. The fourth-order valence-corrected chi connectivity index (χ4v) is 5.21. The molecule has 9 heteroatoms. The summed E-state index contributed by atoms with van der Waals surface area (Å²) >= 11 is 0. The van der Waals surface area contributed by atoms with Crippen molar-refractivity contribution in [3.05, 3.63) is 89.5 Å². The monoisotopic (exact) mass is 564 g/mol. The fraction of sp³-hybridized carbons (Fsp3) is 0.375. The first-order valence-corrected chi connectivity index (χ1v) is 13.9. The van der Waals surface area contributed by atoms with Crippen LogP contribution in [0.2, 0.25) is 0 Å². The van der Waals surface area contributed by atoms with Crippen molar-refractivity contribution in [2.45, 2.75) is 32.9 Å². The van der Waals surface area contributed by atoms with Gasteiger partial charge in [0.2, 0.25) is 11.8 Å².